The number of benzene rings is 1. The second kappa shape index (κ2) is 5.50. The van der Waals surface area contributed by atoms with Gasteiger partial charge in [-0.05, 0) is 11.6 Å². The standard InChI is InChI=1S/C13H15O6P/c1-17-20(16,18-2)13(15,10-6-4-3-5-7-10)11-8-9-12(14)19-11/h3-9,11,15H,1-2H3/t11-,13-/m1/s1. The molecular weight excluding hydrogens is 283 g/mol. The van der Waals surface area contributed by atoms with E-state index in [9.17, 15) is 14.5 Å². The quantitative estimate of drug-likeness (QED) is 0.659. The summed E-state index contributed by atoms with van der Waals surface area (Å²) in [5.41, 5.74) is 0.274. The molecule has 20 heavy (non-hydrogen) atoms. The number of carbonyl (C=O) groups is 1. The Labute approximate surface area is 116 Å². The zero-order chi connectivity index (χ0) is 14.8. The average molecular weight is 298 g/mol. The highest BCUT2D eigenvalue weighted by atomic mass is 31.2. The largest absolute Gasteiger partial charge is 0.451 e. The summed E-state index contributed by atoms with van der Waals surface area (Å²) in [5.74, 6) is -0.622. The van der Waals surface area contributed by atoms with Gasteiger partial charge in [-0.2, -0.15) is 0 Å². The van der Waals surface area contributed by atoms with Gasteiger partial charge in [-0.1, -0.05) is 30.3 Å². The van der Waals surface area contributed by atoms with E-state index in [1.165, 1.54) is 20.3 Å². The molecule has 1 aromatic carbocycles. The summed E-state index contributed by atoms with van der Waals surface area (Å²) in [5, 5.41) is 8.87. The lowest BCUT2D eigenvalue weighted by molar-refractivity contribution is -0.145. The van der Waals surface area contributed by atoms with Crippen LogP contribution in [0.5, 0.6) is 0 Å². The second-order valence-electron chi connectivity index (χ2n) is 4.17. The zero-order valence-corrected chi connectivity index (χ0v) is 11.9. The first-order chi connectivity index (χ1) is 9.48. The van der Waals surface area contributed by atoms with Crippen molar-refractivity contribution in [2.45, 2.75) is 11.4 Å². The topological polar surface area (TPSA) is 82.1 Å². The number of ether oxygens (including phenoxy) is 1. The maximum absolute atomic E-state index is 12.7. The molecule has 1 aliphatic rings. The molecule has 6 nitrogen and oxygen atoms in total. The van der Waals surface area contributed by atoms with Crippen molar-refractivity contribution < 1.29 is 28.3 Å². The summed E-state index contributed by atoms with van der Waals surface area (Å²) in [6, 6.07) is 8.19. The van der Waals surface area contributed by atoms with Gasteiger partial charge in [0.05, 0.1) is 0 Å². The molecular formula is C13H15O6P. The van der Waals surface area contributed by atoms with Crippen molar-refractivity contribution in [3.05, 3.63) is 48.0 Å². The lowest BCUT2D eigenvalue weighted by Crippen LogP contribution is -2.40. The number of aliphatic hydroxyl groups is 1. The van der Waals surface area contributed by atoms with Gasteiger partial charge < -0.3 is 18.9 Å². The van der Waals surface area contributed by atoms with Gasteiger partial charge in [-0.3, -0.25) is 4.57 Å². The average Bonchev–Trinajstić information content (AvgIpc) is 2.93. The minimum absolute atomic E-state index is 0.274. The molecule has 2 atom stereocenters. The summed E-state index contributed by atoms with van der Waals surface area (Å²) in [7, 11) is -1.64. The Kier molecular flexibility index (Phi) is 4.11. The van der Waals surface area contributed by atoms with E-state index in [0.717, 1.165) is 6.08 Å². The van der Waals surface area contributed by atoms with E-state index in [1.54, 1.807) is 30.3 Å². The maximum atomic E-state index is 12.7. The van der Waals surface area contributed by atoms with E-state index >= 15 is 0 Å². The summed E-state index contributed by atoms with van der Waals surface area (Å²) in [4.78, 5) is 11.2. The van der Waals surface area contributed by atoms with Crippen LogP contribution < -0.4 is 0 Å². The summed E-state index contributed by atoms with van der Waals surface area (Å²) in [6.45, 7) is 0. The SMILES string of the molecule is COP(=O)(OC)[C@](O)(c1ccccc1)[C@H]1C=CC(=O)O1. The van der Waals surface area contributed by atoms with Crippen LogP contribution in [0, 0.1) is 0 Å². The third kappa shape index (κ3) is 2.21. The van der Waals surface area contributed by atoms with Gasteiger partial charge in [0.15, 0.2) is 6.10 Å². The molecule has 0 saturated carbocycles. The van der Waals surface area contributed by atoms with Crippen molar-refractivity contribution in [2.24, 2.45) is 0 Å². The monoisotopic (exact) mass is 298 g/mol. The molecule has 0 spiro atoms. The van der Waals surface area contributed by atoms with Gasteiger partial charge >= 0.3 is 13.6 Å². The molecule has 7 heteroatoms. The molecule has 0 bridgehead atoms. The fourth-order valence-electron chi connectivity index (χ4n) is 2.10. The minimum atomic E-state index is -3.97. The fourth-order valence-corrected chi connectivity index (χ4v) is 3.72. The Morgan fingerprint density at radius 3 is 2.30 bits per heavy atom. The number of carbonyl (C=O) groups excluding carboxylic acids is 1. The number of esters is 1. The van der Waals surface area contributed by atoms with Gasteiger partial charge in [0, 0.05) is 20.3 Å². The van der Waals surface area contributed by atoms with Crippen molar-refractivity contribution in [3.8, 4) is 0 Å². The Hall–Kier alpha value is -1.46. The van der Waals surface area contributed by atoms with Crippen molar-refractivity contribution in [1.29, 1.82) is 0 Å². The molecule has 0 saturated heterocycles. The Bertz CT molecular complexity index is 561. The summed E-state index contributed by atoms with van der Waals surface area (Å²) < 4.78 is 27.6. The van der Waals surface area contributed by atoms with Crippen LogP contribution in [-0.4, -0.2) is 31.4 Å². The molecule has 0 fully saturated rings. The first-order valence-corrected chi connectivity index (χ1v) is 7.40. The number of rotatable bonds is 5. The van der Waals surface area contributed by atoms with Crippen LogP contribution in [0.15, 0.2) is 42.5 Å². The van der Waals surface area contributed by atoms with E-state index in [2.05, 4.69) is 0 Å². The Morgan fingerprint density at radius 2 is 1.85 bits per heavy atom. The third-order valence-corrected chi connectivity index (χ3v) is 5.45. The van der Waals surface area contributed by atoms with Crippen molar-refractivity contribution in [2.75, 3.05) is 14.2 Å². The predicted molar refractivity (Wildman–Crippen MR) is 71.0 cm³/mol. The lowest BCUT2D eigenvalue weighted by Gasteiger charge is -2.36. The molecule has 1 aliphatic heterocycles. The molecule has 0 aliphatic carbocycles. The number of hydrogen-bond donors (Lipinski definition) is 1. The first kappa shape index (κ1) is 14.9. The highest BCUT2D eigenvalue weighted by molar-refractivity contribution is 7.55. The zero-order valence-electron chi connectivity index (χ0n) is 11.1. The van der Waals surface area contributed by atoms with Crippen LogP contribution >= 0.6 is 7.60 Å². The van der Waals surface area contributed by atoms with Crippen LogP contribution in [0.1, 0.15) is 5.56 Å². The molecule has 108 valence electrons. The van der Waals surface area contributed by atoms with Gasteiger partial charge in [0.1, 0.15) is 0 Å². The second-order valence-corrected chi connectivity index (χ2v) is 6.58. The number of cyclic esters (lactones) is 1. The summed E-state index contributed by atoms with van der Waals surface area (Å²) >= 11 is 0. The molecule has 0 radical (unpaired) electrons. The van der Waals surface area contributed by atoms with Crippen molar-refractivity contribution in [3.63, 3.8) is 0 Å². The molecule has 0 amide bonds. The molecule has 0 aromatic heterocycles. The third-order valence-electron chi connectivity index (χ3n) is 3.14. The van der Waals surface area contributed by atoms with Gasteiger partial charge in [0.2, 0.25) is 5.34 Å². The molecule has 1 N–H and O–H groups in total. The van der Waals surface area contributed by atoms with E-state index in [-0.39, 0.29) is 5.56 Å². The van der Waals surface area contributed by atoms with Crippen molar-refractivity contribution in [1.82, 2.24) is 0 Å². The minimum Gasteiger partial charge on any atom is -0.451 e. The maximum Gasteiger partial charge on any atom is 0.370 e. The normalized spacial score (nSPS) is 21.6. The molecule has 1 aromatic rings. The van der Waals surface area contributed by atoms with E-state index < -0.39 is 25.0 Å². The van der Waals surface area contributed by atoms with Crippen molar-refractivity contribution >= 4 is 13.6 Å². The van der Waals surface area contributed by atoms with Gasteiger partial charge in [-0.15, -0.1) is 0 Å². The highest BCUT2D eigenvalue weighted by Gasteiger charge is 2.57. The van der Waals surface area contributed by atoms with Crippen LogP contribution in [-0.2, 0) is 28.5 Å². The molecule has 2 rings (SSSR count). The van der Waals surface area contributed by atoms with Gasteiger partial charge in [0.25, 0.3) is 0 Å². The summed E-state index contributed by atoms with van der Waals surface area (Å²) in [6.07, 6.45) is 1.34. The van der Waals surface area contributed by atoms with Crippen LogP contribution in [0.25, 0.3) is 0 Å². The van der Waals surface area contributed by atoms with E-state index in [0.29, 0.717) is 0 Å². The fraction of sp³-hybridized carbons (Fsp3) is 0.308. The predicted octanol–water partition coefficient (Wildman–Crippen LogP) is 1.80. The highest BCUT2D eigenvalue weighted by Crippen LogP contribution is 2.65. The lowest BCUT2D eigenvalue weighted by atomic mass is 10.0. The smallest absolute Gasteiger partial charge is 0.370 e. The number of hydrogen-bond acceptors (Lipinski definition) is 6. The van der Waals surface area contributed by atoms with E-state index in [1.807, 2.05) is 0 Å². The Balaban J connectivity index is 2.58. The van der Waals surface area contributed by atoms with Crippen LogP contribution in [0.4, 0.5) is 0 Å². The molecule has 0 unspecified atom stereocenters. The molecule has 1 heterocycles. The van der Waals surface area contributed by atoms with Crippen LogP contribution in [0.3, 0.4) is 0 Å². The van der Waals surface area contributed by atoms with Gasteiger partial charge in [-0.25, -0.2) is 4.79 Å². The first-order valence-electron chi connectivity index (χ1n) is 5.86. The van der Waals surface area contributed by atoms with Crippen LogP contribution in [0.2, 0.25) is 0 Å². The Morgan fingerprint density at radius 1 is 1.25 bits per heavy atom. The van der Waals surface area contributed by atoms with E-state index in [4.69, 9.17) is 13.8 Å².